The average molecular weight is 296 g/mol. The number of nitrogens with zero attached hydrogens (tertiary/aromatic N) is 1. The first kappa shape index (κ1) is 18.0. The van der Waals surface area contributed by atoms with Gasteiger partial charge < -0.3 is 10.2 Å². The lowest BCUT2D eigenvalue weighted by molar-refractivity contribution is -0.152. The summed E-state index contributed by atoms with van der Waals surface area (Å²) in [5.74, 6) is -0.00304. The summed E-state index contributed by atoms with van der Waals surface area (Å²) in [5.41, 5.74) is -0.760. The molecule has 1 rings (SSSR count). The van der Waals surface area contributed by atoms with E-state index in [0.717, 1.165) is 12.8 Å². The maximum absolute atomic E-state index is 12.4. The van der Waals surface area contributed by atoms with Gasteiger partial charge in [-0.1, -0.05) is 51.9 Å². The van der Waals surface area contributed by atoms with Gasteiger partial charge >= 0.3 is 0 Å². The van der Waals surface area contributed by atoms with E-state index in [-0.39, 0.29) is 17.9 Å². The van der Waals surface area contributed by atoms with Crippen molar-refractivity contribution in [3.63, 3.8) is 0 Å². The summed E-state index contributed by atoms with van der Waals surface area (Å²) in [7, 11) is 0. The monoisotopic (exact) mass is 296 g/mol. The fourth-order valence-corrected chi connectivity index (χ4v) is 2.85. The quantitative estimate of drug-likeness (QED) is 0.664. The van der Waals surface area contributed by atoms with Crippen LogP contribution in [0.5, 0.6) is 0 Å². The van der Waals surface area contributed by atoms with E-state index in [1.165, 1.54) is 38.5 Å². The number of carbonyl (C=O) groups is 2. The molecule has 0 radical (unpaired) electrons. The van der Waals surface area contributed by atoms with E-state index < -0.39 is 5.54 Å². The molecule has 0 bridgehead atoms. The molecule has 1 saturated heterocycles. The van der Waals surface area contributed by atoms with Crippen molar-refractivity contribution in [3.8, 4) is 0 Å². The molecule has 0 aliphatic carbocycles. The van der Waals surface area contributed by atoms with Crippen LogP contribution in [-0.2, 0) is 9.59 Å². The molecular formula is C17H32N2O2. The number of rotatable bonds is 9. The summed E-state index contributed by atoms with van der Waals surface area (Å²) in [6, 6.07) is -0.338. The Hall–Kier alpha value is -1.06. The van der Waals surface area contributed by atoms with Crippen molar-refractivity contribution < 1.29 is 9.59 Å². The molecule has 1 N–H and O–H groups in total. The predicted molar refractivity (Wildman–Crippen MR) is 86.0 cm³/mol. The van der Waals surface area contributed by atoms with Gasteiger partial charge in [0.05, 0.1) is 0 Å². The Kier molecular flexibility index (Phi) is 7.20. The number of unbranched alkanes of at least 4 members (excludes halogenated alkanes) is 7. The molecule has 0 aromatic heterocycles. The van der Waals surface area contributed by atoms with Crippen LogP contribution in [0.3, 0.4) is 0 Å². The van der Waals surface area contributed by atoms with Crippen molar-refractivity contribution in [2.75, 3.05) is 6.54 Å². The zero-order valence-corrected chi connectivity index (χ0v) is 14.2. The third-order valence-corrected chi connectivity index (χ3v) is 4.33. The van der Waals surface area contributed by atoms with E-state index in [1.54, 1.807) is 18.7 Å². The van der Waals surface area contributed by atoms with E-state index >= 15 is 0 Å². The van der Waals surface area contributed by atoms with Crippen LogP contribution in [0, 0.1) is 0 Å². The summed E-state index contributed by atoms with van der Waals surface area (Å²) < 4.78 is 0. The standard InChI is InChI=1S/C17H32N2O2/c1-5-6-7-8-9-10-11-12-13-19-14(2)15(20)18-17(3,4)16(19)21/h14H,5-13H2,1-4H3,(H,18,20). The van der Waals surface area contributed by atoms with Gasteiger partial charge in [0.15, 0.2) is 0 Å². The Morgan fingerprint density at radius 3 is 2.10 bits per heavy atom. The Morgan fingerprint density at radius 1 is 1.00 bits per heavy atom. The molecule has 0 aromatic rings. The largest absolute Gasteiger partial charge is 0.340 e. The Bertz CT molecular complexity index is 353. The lowest BCUT2D eigenvalue weighted by Gasteiger charge is -2.41. The molecule has 0 saturated carbocycles. The maximum Gasteiger partial charge on any atom is 0.248 e. The summed E-state index contributed by atoms with van der Waals surface area (Å²) in [5, 5.41) is 2.79. The van der Waals surface area contributed by atoms with Gasteiger partial charge in [-0.2, -0.15) is 0 Å². The predicted octanol–water partition coefficient (Wildman–Crippen LogP) is 3.25. The normalized spacial score (nSPS) is 21.5. The highest BCUT2D eigenvalue weighted by Crippen LogP contribution is 2.19. The molecule has 122 valence electrons. The van der Waals surface area contributed by atoms with Gasteiger partial charge in [0.25, 0.3) is 0 Å². The van der Waals surface area contributed by atoms with Crippen LogP contribution in [0.1, 0.15) is 79.1 Å². The number of hydrogen-bond donors (Lipinski definition) is 1. The zero-order chi connectivity index (χ0) is 15.9. The minimum atomic E-state index is -0.760. The van der Waals surface area contributed by atoms with Crippen molar-refractivity contribution in [1.29, 1.82) is 0 Å². The van der Waals surface area contributed by atoms with Crippen molar-refractivity contribution in [2.24, 2.45) is 0 Å². The van der Waals surface area contributed by atoms with Gasteiger partial charge in [-0.15, -0.1) is 0 Å². The molecule has 2 amide bonds. The van der Waals surface area contributed by atoms with Crippen LogP contribution in [-0.4, -0.2) is 34.8 Å². The summed E-state index contributed by atoms with van der Waals surface area (Å²) in [4.78, 5) is 26.0. The third kappa shape index (κ3) is 5.33. The fraction of sp³-hybridized carbons (Fsp3) is 0.882. The van der Waals surface area contributed by atoms with Gasteiger partial charge in [0, 0.05) is 6.54 Å². The molecule has 4 nitrogen and oxygen atoms in total. The highest BCUT2D eigenvalue weighted by Gasteiger charge is 2.42. The topological polar surface area (TPSA) is 49.4 Å². The minimum Gasteiger partial charge on any atom is -0.340 e. The van der Waals surface area contributed by atoms with Gasteiger partial charge in [-0.25, -0.2) is 0 Å². The van der Waals surface area contributed by atoms with Crippen molar-refractivity contribution in [3.05, 3.63) is 0 Å². The molecule has 1 atom stereocenters. The van der Waals surface area contributed by atoms with Crippen LogP contribution in [0.25, 0.3) is 0 Å². The molecule has 1 unspecified atom stereocenters. The first-order valence-electron chi connectivity index (χ1n) is 8.53. The van der Waals surface area contributed by atoms with E-state index in [9.17, 15) is 9.59 Å². The van der Waals surface area contributed by atoms with Gasteiger partial charge in [-0.05, 0) is 27.2 Å². The van der Waals surface area contributed by atoms with Crippen LogP contribution in [0.15, 0.2) is 0 Å². The molecule has 1 aliphatic heterocycles. The van der Waals surface area contributed by atoms with Crippen LogP contribution < -0.4 is 5.32 Å². The van der Waals surface area contributed by atoms with Gasteiger partial charge in [0.2, 0.25) is 11.8 Å². The molecule has 1 fully saturated rings. The molecule has 21 heavy (non-hydrogen) atoms. The highest BCUT2D eigenvalue weighted by molar-refractivity contribution is 5.99. The summed E-state index contributed by atoms with van der Waals surface area (Å²) in [6.07, 6.45) is 9.94. The smallest absolute Gasteiger partial charge is 0.248 e. The molecule has 0 aromatic carbocycles. The number of carbonyl (C=O) groups excluding carboxylic acids is 2. The van der Waals surface area contributed by atoms with Crippen LogP contribution >= 0.6 is 0 Å². The highest BCUT2D eigenvalue weighted by atomic mass is 16.2. The van der Waals surface area contributed by atoms with Crippen molar-refractivity contribution >= 4 is 11.8 Å². The van der Waals surface area contributed by atoms with E-state index in [4.69, 9.17) is 0 Å². The third-order valence-electron chi connectivity index (χ3n) is 4.33. The SMILES string of the molecule is CCCCCCCCCCN1C(=O)C(C)(C)NC(=O)C1C. The summed E-state index contributed by atoms with van der Waals surface area (Å²) >= 11 is 0. The molecule has 4 heteroatoms. The van der Waals surface area contributed by atoms with E-state index in [2.05, 4.69) is 12.2 Å². The maximum atomic E-state index is 12.4. The number of hydrogen-bond acceptors (Lipinski definition) is 2. The number of amides is 2. The first-order valence-corrected chi connectivity index (χ1v) is 8.53. The fourth-order valence-electron chi connectivity index (χ4n) is 2.85. The second-order valence-electron chi connectivity index (χ2n) is 6.76. The molecule has 1 heterocycles. The average Bonchev–Trinajstić information content (AvgIpc) is 2.42. The Morgan fingerprint density at radius 2 is 1.52 bits per heavy atom. The number of piperazine rings is 1. The Balaban J connectivity index is 2.26. The van der Waals surface area contributed by atoms with Gasteiger partial charge in [-0.3, -0.25) is 9.59 Å². The molecule has 0 spiro atoms. The van der Waals surface area contributed by atoms with Crippen LogP contribution in [0.2, 0.25) is 0 Å². The lowest BCUT2D eigenvalue weighted by atomic mass is 9.97. The lowest BCUT2D eigenvalue weighted by Crippen LogP contribution is -2.67. The zero-order valence-electron chi connectivity index (χ0n) is 14.2. The van der Waals surface area contributed by atoms with E-state index in [0.29, 0.717) is 6.54 Å². The van der Waals surface area contributed by atoms with Gasteiger partial charge in [0.1, 0.15) is 11.6 Å². The minimum absolute atomic E-state index is 0.0394. The van der Waals surface area contributed by atoms with Crippen LogP contribution in [0.4, 0.5) is 0 Å². The van der Waals surface area contributed by atoms with Crippen molar-refractivity contribution in [1.82, 2.24) is 10.2 Å². The van der Waals surface area contributed by atoms with Crippen molar-refractivity contribution in [2.45, 2.75) is 90.6 Å². The van der Waals surface area contributed by atoms with E-state index in [1.807, 2.05) is 6.92 Å². The second kappa shape index (κ2) is 8.40. The molecule has 1 aliphatic rings. The molecular weight excluding hydrogens is 264 g/mol. The first-order chi connectivity index (χ1) is 9.90. The Labute approximate surface area is 129 Å². The second-order valence-corrected chi connectivity index (χ2v) is 6.76. The summed E-state index contributed by atoms with van der Waals surface area (Å²) in [6.45, 7) is 8.30. The number of nitrogens with one attached hydrogen (secondary N) is 1.